The monoisotopic (exact) mass is 801 g/mol. The van der Waals surface area contributed by atoms with Crippen molar-refractivity contribution in [3.63, 3.8) is 0 Å². The van der Waals surface area contributed by atoms with Gasteiger partial charge in [0.2, 0.25) is 5.82 Å². The molecule has 2 aromatic carbocycles. The molecule has 1 aliphatic heterocycles. The lowest BCUT2D eigenvalue weighted by Crippen LogP contribution is -2.62. The maximum atomic E-state index is 15.5. The van der Waals surface area contributed by atoms with Crippen LogP contribution in [0.15, 0.2) is 54.1 Å². The van der Waals surface area contributed by atoms with E-state index in [-0.39, 0.29) is 37.4 Å². The number of likely N-dealkylation sites (N-methyl/N-ethyl adjacent to an activating group) is 1. The predicted molar refractivity (Wildman–Crippen MR) is 183 cm³/mol. The van der Waals surface area contributed by atoms with Gasteiger partial charge in [0.25, 0.3) is 11.8 Å². The second-order valence-corrected chi connectivity index (χ2v) is 13.3. The third kappa shape index (κ3) is 9.21. The van der Waals surface area contributed by atoms with Crippen molar-refractivity contribution in [2.24, 2.45) is 0 Å². The fraction of sp³-hybridized carbons (Fsp3) is 0.459. The summed E-state index contributed by atoms with van der Waals surface area (Å²) in [6.07, 6.45) is -5.51. The van der Waals surface area contributed by atoms with Crippen LogP contribution >= 0.6 is 0 Å². The van der Waals surface area contributed by atoms with Gasteiger partial charge >= 0.3 is 12.4 Å². The fourth-order valence-electron chi connectivity index (χ4n) is 6.67. The molecule has 2 heterocycles. The number of nitrogens with one attached hydrogen (secondary N) is 1. The van der Waals surface area contributed by atoms with Crippen molar-refractivity contribution < 1.29 is 64.4 Å². The second kappa shape index (κ2) is 17.5. The van der Waals surface area contributed by atoms with E-state index in [0.29, 0.717) is 76.3 Å². The first-order chi connectivity index (χ1) is 26.5. The van der Waals surface area contributed by atoms with Crippen molar-refractivity contribution >= 4 is 17.5 Å². The number of amides is 2. The standard InChI is InChI=1S/C37H39F8N5O6/c1-49-35(12-3-4-13-35)32(52)29(33(53)48-25-10-9-23(36(40,41)42)18-24(25)26-19-28(37(43,44)45)47-21-46-26)34(54)50(49)20-22-8-11-27(31(39)30(22)38)56-17-6-2-5-15-55-16-7-14-51/h8-11,18-19,21,51-52H,2-7,12-17,20H2,1H3,(H,48,53). The van der Waals surface area contributed by atoms with Crippen LogP contribution in [-0.4, -0.2) is 81.0 Å². The summed E-state index contributed by atoms with van der Waals surface area (Å²) < 4.78 is 123. The Bertz CT molecular complexity index is 1930. The Morgan fingerprint density at radius 2 is 1.61 bits per heavy atom. The second-order valence-electron chi connectivity index (χ2n) is 13.3. The van der Waals surface area contributed by atoms with Gasteiger partial charge in [-0.2, -0.15) is 30.7 Å². The molecule has 304 valence electrons. The number of aliphatic hydroxyl groups excluding tert-OH is 2. The first-order valence-electron chi connectivity index (χ1n) is 17.7. The van der Waals surface area contributed by atoms with Gasteiger partial charge in [0, 0.05) is 38.0 Å². The van der Waals surface area contributed by atoms with E-state index in [1.54, 1.807) is 0 Å². The van der Waals surface area contributed by atoms with Gasteiger partial charge in [-0.1, -0.05) is 18.9 Å². The van der Waals surface area contributed by atoms with Gasteiger partial charge in [-0.25, -0.2) is 19.4 Å². The number of rotatable bonds is 15. The van der Waals surface area contributed by atoms with Crippen LogP contribution in [0.5, 0.6) is 5.75 Å². The Morgan fingerprint density at radius 3 is 2.29 bits per heavy atom. The maximum absolute atomic E-state index is 15.5. The quantitative estimate of drug-likeness (QED) is 0.0818. The van der Waals surface area contributed by atoms with Gasteiger partial charge in [-0.15, -0.1) is 0 Å². The number of benzene rings is 2. The molecule has 0 atom stereocenters. The van der Waals surface area contributed by atoms with E-state index < -0.39 is 87.4 Å². The molecule has 56 heavy (non-hydrogen) atoms. The Balaban J connectivity index is 1.40. The molecule has 0 bridgehead atoms. The number of nitrogens with zero attached hydrogens (tertiary/aromatic N) is 4. The minimum absolute atomic E-state index is 0.0308. The highest BCUT2D eigenvalue weighted by atomic mass is 19.4. The van der Waals surface area contributed by atoms with Crippen molar-refractivity contribution in [1.29, 1.82) is 0 Å². The van der Waals surface area contributed by atoms with Crippen LogP contribution < -0.4 is 10.1 Å². The normalized spacial score (nSPS) is 16.2. The van der Waals surface area contributed by atoms with Crippen LogP contribution in [0.2, 0.25) is 0 Å². The molecular formula is C37H39F8N5O6. The van der Waals surface area contributed by atoms with E-state index in [1.807, 2.05) is 0 Å². The average molecular weight is 802 g/mol. The molecule has 1 aromatic heterocycles. The lowest BCUT2D eigenvalue weighted by molar-refractivity contribution is -0.163. The highest BCUT2D eigenvalue weighted by molar-refractivity contribution is 6.24. The van der Waals surface area contributed by atoms with E-state index in [0.717, 1.165) is 11.1 Å². The summed E-state index contributed by atoms with van der Waals surface area (Å²) in [4.78, 5) is 34.8. The van der Waals surface area contributed by atoms with Crippen molar-refractivity contribution in [2.75, 3.05) is 38.8 Å². The van der Waals surface area contributed by atoms with Crippen molar-refractivity contribution in [3.8, 4) is 17.0 Å². The summed E-state index contributed by atoms with van der Waals surface area (Å²) in [5, 5.41) is 24.9. The number of carbonyl (C=O) groups excluding carboxylic acids is 2. The number of hydrazine groups is 1. The molecule has 11 nitrogen and oxygen atoms in total. The molecule has 1 saturated carbocycles. The number of aliphatic hydroxyl groups is 2. The molecular weight excluding hydrogens is 762 g/mol. The van der Waals surface area contributed by atoms with Crippen molar-refractivity contribution in [3.05, 3.63) is 82.5 Å². The van der Waals surface area contributed by atoms with Gasteiger partial charge in [0.1, 0.15) is 23.4 Å². The molecule has 1 spiro atoms. The summed E-state index contributed by atoms with van der Waals surface area (Å²) >= 11 is 0. The molecule has 1 fully saturated rings. The van der Waals surface area contributed by atoms with E-state index in [4.69, 9.17) is 14.6 Å². The number of unbranched alkanes of at least 4 members (excludes halogenated alkanes) is 2. The number of hydrogen-bond donors (Lipinski definition) is 3. The van der Waals surface area contributed by atoms with Crippen LogP contribution in [0.4, 0.5) is 40.8 Å². The molecule has 0 saturated heterocycles. The van der Waals surface area contributed by atoms with Crippen molar-refractivity contribution in [2.45, 2.75) is 75.8 Å². The molecule has 2 amide bonds. The van der Waals surface area contributed by atoms with Crippen LogP contribution in [0.1, 0.15) is 68.2 Å². The number of ether oxygens (including phenoxy) is 2. The molecule has 0 unspecified atom stereocenters. The molecule has 3 aromatic rings. The molecule has 5 rings (SSSR count). The number of carbonyl (C=O) groups is 2. The SMILES string of the molecule is CN1N(Cc2ccc(OCCCCCOCCCO)c(F)c2F)C(=O)C(C(=O)Nc2ccc(C(F)(F)F)cc2-c2cc(C(F)(F)F)ncn2)=C(O)C12CCCC2. The zero-order valence-electron chi connectivity index (χ0n) is 30.1. The number of alkyl halides is 6. The minimum atomic E-state index is -4.99. The molecule has 0 radical (unpaired) electrons. The lowest BCUT2D eigenvalue weighted by Gasteiger charge is -2.48. The van der Waals surface area contributed by atoms with Crippen LogP contribution in [0.25, 0.3) is 11.3 Å². The first kappa shape index (κ1) is 42.3. The van der Waals surface area contributed by atoms with E-state index in [1.165, 1.54) is 24.2 Å². The molecule has 3 N–H and O–H groups in total. The third-order valence-corrected chi connectivity index (χ3v) is 9.68. The number of anilines is 1. The summed E-state index contributed by atoms with van der Waals surface area (Å²) in [7, 11) is 1.43. The topological polar surface area (TPSA) is 137 Å². The number of halogens is 8. The van der Waals surface area contributed by atoms with Gasteiger partial charge in [-0.3, -0.25) is 14.6 Å². The molecule has 1 aliphatic carbocycles. The Labute approximate surface area is 315 Å². The molecule has 19 heteroatoms. The fourth-order valence-corrected chi connectivity index (χ4v) is 6.67. The average Bonchev–Trinajstić information content (AvgIpc) is 3.65. The first-order valence-corrected chi connectivity index (χ1v) is 17.7. The Kier molecular flexibility index (Phi) is 13.2. The zero-order valence-corrected chi connectivity index (χ0v) is 30.1. The number of hydrogen-bond acceptors (Lipinski definition) is 9. The smallest absolute Gasteiger partial charge is 0.433 e. The number of aromatic nitrogens is 2. The van der Waals surface area contributed by atoms with Gasteiger partial charge in [0.05, 0.1) is 35.6 Å². The van der Waals surface area contributed by atoms with Gasteiger partial charge < -0.3 is 25.0 Å². The summed E-state index contributed by atoms with van der Waals surface area (Å²) in [5.41, 5.74) is -7.00. The highest BCUT2D eigenvalue weighted by Crippen LogP contribution is 2.45. The largest absolute Gasteiger partial charge is 0.509 e. The van der Waals surface area contributed by atoms with Crippen LogP contribution in [0, 0.1) is 11.6 Å². The van der Waals surface area contributed by atoms with Gasteiger partial charge in [-0.05, 0) is 68.9 Å². The van der Waals surface area contributed by atoms with Gasteiger partial charge in [0.15, 0.2) is 11.6 Å². The Morgan fingerprint density at radius 1 is 0.911 bits per heavy atom. The highest BCUT2D eigenvalue weighted by Gasteiger charge is 2.53. The minimum Gasteiger partial charge on any atom is -0.509 e. The predicted octanol–water partition coefficient (Wildman–Crippen LogP) is 7.36. The molecule has 2 aliphatic rings. The summed E-state index contributed by atoms with van der Waals surface area (Å²) in [6.45, 7) is 0.397. The Hall–Kier alpha value is -4.88. The zero-order chi connectivity index (χ0) is 40.8. The van der Waals surface area contributed by atoms with E-state index in [9.17, 15) is 41.0 Å². The lowest BCUT2D eigenvalue weighted by atomic mass is 9.88. The maximum Gasteiger partial charge on any atom is 0.433 e. The van der Waals surface area contributed by atoms with Crippen molar-refractivity contribution in [1.82, 2.24) is 20.0 Å². The van der Waals surface area contributed by atoms with Crippen LogP contribution in [0.3, 0.4) is 0 Å². The van der Waals surface area contributed by atoms with E-state index >= 15 is 8.78 Å². The van der Waals surface area contributed by atoms with Crippen LogP contribution in [-0.2, 0) is 33.2 Å². The third-order valence-electron chi connectivity index (χ3n) is 9.68. The van der Waals surface area contributed by atoms with E-state index in [2.05, 4.69) is 15.3 Å². The summed E-state index contributed by atoms with van der Waals surface area (Å²) in [5.74, 6) is -6.18. The summed E-state index contributed by atoms with van der Waals surface area (Å²) in [6, 6.07) is 4.58.